The van der Waals surface area contributed by atoms with E-state index in [1.165, 1.54) is 17.8 Å². The third-order valence-electron chi connectivity index (χ3n) is 5.68. The van der Waals surface area contributed by atoms with Gasteiger partial charge in [-0.2, -0.15) is 0 Å². The Morgan fingerprint density at radius 2 is 1.77 bits per heavy atom. The molecule has 5 nitrogen and oxygen atoms in total. The summed E-state index contributed by atoms with van der Waals surface area (Å²) in [7, 11) is -3.79. The summed E-state index contributed by atoms with van der Waals surface area (Å²) in [5.41, 5.74) is 0.847. The van der Waals surface area contributed by atoms with Gasteiger partial charge in [0.2, 0.25) is 10.0 Å². The average molecular weight is 461 g/mol. The fourth-order valence-electron chi connectivity index (χ4n) is 3.97. The van der Waals surface area contributed by atoms with Crippen molar-refractivity contribution in [3.8, 4) is 0 Å². The molecule has 0 aromatic heterocycles. The van der Waals surface area contributed by atoms with E-state index in [0.29, 0.717) is 31.0 Å². The van der Waals surface area contributed by atoms with Crippen molar-refractivity contribution in [1.29, 1.82) is 0 Å². The van der Waals surface area contributed by atoms with Crippen LogP contribution in [0.4, 0.5) is 0 Å². The van der Waals surface area contributed by atoms with E-state index < -0.39 is 15.6 Å². The molecule has 31 heavy (non-hydrogen) atoms. The lowest BCUT2D eigenvalue weighted by Gasteiger charge is -2.31. The van der Waals surface area contributed by atoms with Crippen LogP contribution in [0.15, 0.2) is 58.3 Å². The number of nitrogens with one attached hydrogen (secondary N) is 1. The molecule has 1 aliphatic heterocycles. The van der Waals surface area contributed by atoms with Crippen molar-refractivity contribution in [2.45, 2.75) is 55.4 Å². The van der Waals surface area contributed by atoms with Crippen LogP contribution >= 0.6 is 11.8 Å². The minimum atomic E-state index is -3.79. The van der Waals surface area contributed by atoms with Gasteiger partial charge in [0.1, 0.15) is 0 Å². The zero-order chi connectivity index (χ0) is 22.6. The quantitative estimate of drug-likeness (QED) is 0.614. The number of carbonyl (C=O) groups excluding carboxylic acids is 1. The largest absolute Gasteiger partial charge is 0.339 e. The average Bonchev–Trinajstić information content (AvgIpc) is 2.73. The molecule has 0 atom stereocenters. The third kappa shape index (κ3) is 6.11. The summed E-state index contributed by atoms with van der Waals surface area (Å²) in [6, 6.07) is 14.7. The van der Waals surface area contributed by atoms with Crippen LogP contribution in [0.1, 0.15) is 49.5 Å². The Morgan fingerprint density at radius 1 is 1.13 bits per heavy atom. The highest BCUT2D eigenvalue weighted by Crippen LogP contribution is 2.28. The smallest absolute Gasteiger partial charge is 0.255 e. The van der Waals surface area contributed by atoms with Crippen LogP contribution in [0.3, 0.4) is 0 Å². The number of amides is 1. The lowest BCUT2D eigenvalue weighted by Crippen LogP contribution is -2.45. The van der Waals surface area contributed by atoms with Crippen LogP contribution < -0.4 is 4.72 Å². The highest BCUT2D eigenvalue weighted by Gasteiger charge is 2.29. The van der Waals surface area contributed by atoms with E-state index in [9.17, 15) is 13.2 Å². The van der Waals surface area contributed by atoms with Gasteiger partial charge in [0.15, 0.2) is 0 Å². The number of hydrogen-bond donors (Lipinski definition) is 1. The van der Waals surface area contributed by atoms with Crippen LogP contribution in [0.5, 0.6) is 0 Å². The van der Waals surface area contributed by atoms with Crippen molar-refractivity contribution in [2.24, 2.45) is 5.92 Å². The number of carbonyl (C=O) groups is 1. The topological polar surface area (TPSA) is 66.5 Å². The maximum atomic E-state index is 13.2. The number of thioether (sulfide) groups is 1. The van der Waals surface area contributed by atoms with Crippen LogP contribution in [0.25, 0.3) is 0 Å². The molecular formula is C24H32N2O3S2. The number of rotatable bonds is 7. The number of sulfonamides is 1. The van der Waals surface area contributed by atoms with Crippen molar-refractivity contribution in [1.82, 2.24) is 9.62 Å². The molecule has 0 spiro atoms. The van der Waals surface area contributed by atoms with Gasteiger partial charge in [0, 0.05) is 23.5 Å². The molecule has 3 rings (SSSR count). The van der Waals surface area contributed by atoms with E-state index >= 15 is 0 Å². The molecule has 1 amide bonds. The summed E-state index contributed by atoms with van der Waals surface area (Å²) in [6.07, 6.45) is 4.43. The fraction of sp³-hybridized carbons (Fsp3) is 0.458. The molecule has 2 aromatic carbocycles. The van der Waals surface area contributed by atoms with Crippen LogP contribution in [0.2, 0.25) is 0 Å². The Bertz CT molecular complexity index is 1010. The van der Waals surface area contributed by atoms with Crippen molar-refractivity contribution in [2.75, 3.05) is 19.3 Å². The van der Waals surface area contributed by atoms with Crippen molar-refractivity contribution in [3.05, 3.63) is 59.7 Å². The van der Waals surface area contributed by atoms with Gasteiger partial charge in [-0.3, -0.25) is 4.79 Å². The standard InChI is InChI=1S/C24H32N2O3S2/c1-18-12-14-26(15-13-18)23(27)21-16-20(10-11-22(21)30-4)31(28,29)25-24(2,3)17-19-8-6-5-7-9-19/h5-11,16,18,25H,12-15,17H2,1-4H3. The molecule has 0 aliphatic carbocycles. The van der Waals surface area contributed by atoms with E-state index in [2.05, 4.69) is 11.6 Å². The van der Waals surface area contributed by atoms with Gasteiger partial charge in [0.25, 0.3) is 5.91 Å². The van der Waals surface area contributed by atoms with Gasteiger partial charge < -0.3 is 4.90 Å². The first kappa shape index (κ1) is 23.8. The second-order valence-electron chi connectivity index (χ2n) is 8.99. The van der Waals surface area contributed by atoms with E-state index in [1.807, 2.05) is 55.3 Å². The summed E-state index contributed by atoms with van der Waals surface area (Å²) in [4.78, 5) is 16.0. The first-order chi connectivity index (χ1) is 14.6. The van der Waals surface area contributed by atoms with Gasteiger partial charge in [0.05, 0.1) is 10.5 Å². The van der Waals surface area contributed by atoms with Gasteiger partial charge in [-0.05, 0) is 69.0 Å². The normalized spacial score (nSPS) is 15.8. The predicted molar refractivity (Wildman–Crippen MR) is 127 cm³/mol. The minimum absolute atomic E-state index is 0.0863. The monoisotopic (exact) mass is 460 g/mol. The van der Waals surface area contributed by atoms with E-state index in [-0.39, 0.29) is 10.8 Å². The van der Waals surface area contributed by atoms with Gasteiger partial charge in [-0.15, -0.1) is 11.8 Å². The van der Waals surface area contributed by atoms with E-state index in [0.717, 1.165) is 23.3 Å². The molecule has 0 unspecified atom stereocenters. The Kier molecular flexibility index (Phi) is 7.50. The Hall–Kier alpha value is -1.83. The summed E-state index contributed by atoms with van der Waals surface area (Å²) < 4.78 is 29.2. The number of hydrogen-bond acceptors (Lipinski definition) is 4. The van der Waals surface area contributed by atoms with Gasteiger partial charge in [-0.1, -0.05) is 37.3 Å². The van der Waals surface area contributed by atoms with Crippen LogP contribution in [0, 0.1) is 5.92 Å². The van der Waals surface area contributed by atoms with Crippen molar-refractivity contribution in [3.63, 3.8) is 0 Å². The summed E-state index contributed by atoms with van der Waals surface area (Å²) in [5.74, 6) is 0.531. The van der Waals surface area contributed by atoms with E-state index in [1.54, 1.807) is 12.1 Å². The molecule has 2 aromatic rings. The summed E-state index contributed by atoms with van der Waals surface area (Å²) in [5, 5.41) is 0. The Morgan fingerprint density at radius 3 is 2.39 bits per heavy atom. The highest BCUT2D eigenvalue weighted by atomic mass is 32.2. The number of piperidine rings is 1. The van der Waals surface area contributed by atoms with Crippen LogP contribution in [-0.4, -0.2) is 44.1 Å². The molecule has 0 bridgehead atoms. The second kappa shape index (κ2) is 9.76. The number of likely N-dealkylation sites (tertiary alicyclic amines) is 1. The lowest BCUT2D eigenvalue weighted by atomic mass is 9.96. The maximum Gasteiger partial charge on any atom is 0.255 e. The summed E-state index contributed by atoms with van der Waals surface area (Å²) >= 11 is 1.46. The number of nitrogens with zero attached hydrogens (tertiary/aromatic N) is 1. The predicted octanol–water partition coefficient (Wildman–Crippen LogP) is 4.58. The molecule has 1 aliphatic rings. The molecular weight excluding hydrogens is 428 g/mol. The van der Waals surface area contributed by atoms with Gasteiger partial charge in [-0.25, -0.2) is 13.1 Å². The summed E-state index contributed by atoms with van der Waals surface area (Å²) in [6.45, 7) is 7.37. The van der Waals surface area contributed by atoms with Gasteiger partial charge >= 0.3 is 0 Å². The second-order valence-corrected chi connectivity index (χ2v) is 11.5. The molecule has 1 fully saturated rings. The van der Waals surface area contributed by atoms with E-state index in [4.69, 9.17) is 0 Å². The lowest BCUT2D eigenvalue weighted by molar-refractivity contribution is 0.0693. The molecule has 0 radical (unpaired) electrons. The van der Waals surface area contributed by atoms with Crippen LogP contribution in [-0.2, 0) is 16.4 Å². The first-order valence-electron chi connectivity index (χ1n) is 10.7. The zero-order valence-corrected chi connectivity index (χ0v) is 20.4. The van der Waals surface area contributed by atoms with Crippen molar-refractivity contribution < 1.29 is 13.2 Å². The molecule has 1 saturated heterocycles. The molecule has 7 heteroatoms. The Labute approximate surface area is 190 Å². The molecule has 0 saturated carbocycles. The number of benzene rings is 2. The maximum absolute atomic E-state index is 13.2. The first-order valence-corrected chi connectivity index (χ1v) is 13.4. The molecule has 168 valence electrons. The third-order valence-corrected chi connectivity index (χ3v) is 8.17. The Balaban J connectivity index is 1.84. The molecule has 1 heterocycles. The fourth-order valence-corrected chi connectivity index (χ4v) is 5.98. The molecule has 1 N–H and O–H groups in total. The van der Waals surface area contributed by atoms with Crippen molar-refractivity contribution >= 4 is 27.7 Å². The minimum Gasteiger partial charge on any atom is -0.339 e. The highest BCUT2D eigenvalue weighted by molar-refractivity contribution is 7.98. The zero-order valence-electron chi connectivity index (χ0n) is 18.7. The SMILES string of the molecule is CSc1ccc(S(=O)(=O)NC(C)(C)Cc2ccccc2)cc1C(=O)N1CCC(C)CC1.